The second kappa shape index (κ2) is 6.94. The lowest BCUT2D eigenvalue weighted by molar-refractivity contribution is -0.384. The predicted octanol–water partition coefficient (Wildman–Crippen LogP) is 2.77. The van der Waals surface area contributed by atoms with Crippen molar-refractivity contribution in [1.29, 1.82) is 0 Å². The molecule has 0 radical (unpaired) electrons. The van der Waals surface area contributed by atoms with Gasteiger partial charge in [-0.05, 0) is 24.6 Å². The molecule has 0 aromatic heterocycles. The molecule has 0 amide bonds. The molecule has 0 aliphatic heterocycles. The van der Waals surface area contributed by atoms with Crippen molar-refractivity contribution in [2.24, 2.45) is 0 Å². The van der Waals surface area contributed by atoms with E-state index in [2.05, 4.69) is 12.0 Å². The minimum absolute atomic E-state index is 0.0400. The van der Waals surface area contributed by atoms with Gasteiger partial charge in [0.25, 0.3) is 15.7 Å². The van der Waals surface area contributed by atoms with Crippen LogP contribution in [0.2, 0.25) is 0 Å². The van der Waals surface area contributed by atoms with Gasteiger partial charge in [0.2, 0.25) is 0 Å². The highest BCUT2D eigenvalue weighted by Crippen LogP contribution is 2.20. The van der Waals surface area contributed by atoms with Crippen molar-refractivity contribution in [3.05, 3.63) is 70.3 Å². The highest BCUT2D eigenvalue weighted by Gasteiger charge is 2.23. The summed E-state index contributed by atoms with van der Waals surface area (Å²) in [5.41, 5.74) is 0.626. The average Bonchev–Trinajstić information content (AvgIpc) is 2.55. The molecule has 0 aliphatic rings. The van der Waals surface area contributed by atoms with Gasteiger partial charge in [-0.2, -0.15) is 0 Å². The van der Waals surface area contributed by atoms with Gasteiger partial charge in [-0.3, -0.25) is 10.1 Å². The van der Waals surface area contributed by atoms with Gasteiger partial charge in [-0.15, -0.1) is 0 Å². The third-order valence-electron chi connectivity index (χ3n) is 3.04. The van der Waals surface area contributed by atoms with Crippen molar-refractivity contribution in [3.8, 4) is 12.0 Å². The molecule has 0 saturated heterocycles. The first-order valence-corrected chi connectivity index (χ1v) is 8.12. The lowest BCUT2D eigenvalue weighted by Crippen LogP contribution is -2.26. The van der Waals surface area contributed by atoms with Crippen LogP contribution in [0.15, 0.2) is 59.5 Å². The molecular weight excluding hydrogens is 316 g/mol. The summed E-state index contributed by atoms with van der Waals surface area (Å²) in [5, 5.41) is 10.7. The van der Waals surface area contributed by atoms with Crippen LogP contribution in [0.5, 0.6) is 0 Å². The molecule has 6 nitrogen and oxygen atoms in total. The summed E-state index contributed by atoms with van der Waals surface area (Å²) in [7, 11) is -3.87. The second-order valence-corrected chi connectivity index (χ2v) is 6.47. The molecule has 7 heteroatoms. The number of hydrogen-bond acceptors (Lipinski definition) is 4. The van der Waals surface area contributed by atoms with Crippen LogP contribution in [0.3, 0.4) is 0 Å². The molecule has 0 fully saturated rings. The molecule has 118 valence electrons. The zero-order valence-corrected chi connectivity index (χ0v) is 13.2. The second-order valence-electron chi connectivity index (χ2n) is 4.61. The first kappa shape index (κ1) is 16.5. The van der Waals surface area contributed by atoms with Crippen molar-refractivity contribution >= 4 is 15.7 Å². The number of benzene rings is 2. The Labute approximate surface area is 134 Å². The van der Waals surface area contributed by atoms with Gasteiger partial charge in [-0.25, -0.2) is 12.7 Å². The zero-order valence-electron chi connectivity index (χ0n) is 12.3. The molecule has 0 saturated carbocycles. The first-order valence-electron chi connectivity index (χ1n) is 6.68. The molecule has 2 aromatic rings. The molecule has 0 heterocycles. The largest absolute Gasteiger partial charge is 0.271 e. The van der Waals surface area contributed by atoms with Gasteiger partial charge in [-0.1, -0.05) is 36.3 Å². The van der Waals surface area contributed by atoms with Crippen LogP contribution < -0.4 is 0 Å². The van der Waals surface area contributed by atoms with Gasteiger partial charge in [0.1, 0.15) is 0 Å². The van der Waals surface area contributed by atoms with Crippen molar-refractivity contribution in [3.63, 3.8) is 0 Å². The van der Waals surface area contributed by atoms with Crippen LogP contribution >= 0.6 is 0 Å². The lowest BCUT2D eigenvalue weighted by atomic mass is 10.2. The van der Waals surface area contributed by atoms with E-state index in [-0.39, 0.29) is 17.1 Å². The molecule has 0 atom stereocenters. The summed E-state index contributed by atoms with van der Waals surface area (Å²) >= 11 is 0. The molecule has 23 heavy (non-hydrogen) atoms. The van der Waals surface area contributed by atoms with Gasteiger partial charge < -0.3 is 0 Å². The van der Waals surface area contributed by atoms with E-state index >= 15 is 0 Å². The standard InChI is InChI=1S/C16H14N2O4S/c1-2-12-17(13-14-6-4-3-5-7-14)23(21,22)16-10-8-15(9-11-16)18(19)20/h3-11H,13H2,1H3. The van der Waals surface area contributed by atoms with Crippen LogP contribution in [0.4, 0.5) is 5.69 Å². The van der Waals surface area contributed by atoms with Crippen molar-refractivity contribution in [1.82, 2.24) is 4.31 Å². The Bertz CT molecular complexity index is 850. The van der Waals surface area contributed by atoms with Crippen molar-refractivity contribution < 1.29 is 13.3 Å². The third-order valence-corrected chi connectivity index (χ3v) is 4.71. The van der Waals surface area contributed by atoms with Crippen LogP contribution in [-0.2, 0) is 16.6 Å². The van der Waals surface area contributed by atoms with E-state index in [0.29, 0.717) is 0 Å². The summed E-state index contributed by atoms with van der Waals surface area (Å²) in [6.07, 6.45) is 0. The number of rotatable bonds is 5. The number of hydrogen-bond donors (Lipinski definition) is 0. The van der Waals surface area contributed by atoms with Crippen LogP contribution in [-0.4, -0.2) is 17.6 Å². The number of nitro benzene ring substituents is 1. The Morgan fingerprint density at radius 3 is 2.22 bits per heavy atom. The molecule has 0 N–H and O–H groups in total. The SMILES string of the molecule is CC#CN(Cc1ccccc1)S(=O)(=O)c1ccc([N+](=O)[O-])cc1. The van der Waals surface area contributed by atoms with E-state index < -0.39 is 14.9 Å². The highest BCUT2D eigenvalue weighted by atomic mass is 32.2. The molecule has 0 aliphatic carbocycles. The summed E-state index contributed by atoms with van der Waals surface area (Å²) in [5.74, 6) is 2.58. The third kappa shape index (κ3) is 3.87. The predicted molar refractivity (Wildman–Crippen MR) is 85.7 cm³/mol. The van der Waals surface area contributed by atoms with E-state index in [1.165, 1.54) is 12.1 Å². The fourth-order valence-electron chi connectivity index (χ4n) is 1.93. The fraction of sp³-hybridized carbons (Fsp3) is 0.125. The number of sulfonamides is 1. The van der Waals surface area contributed by atoms with E-state index in [4.69, 9.17) is 0 Å². The average molecular weight is 330 g/mol. The Morgan fingerprint density at radius 1 is 1.09 bits per heavy atom. The summed E-state index contributed by atoms with van der Waals surface area (Å²) < 4.78 is 26.4. The van der Waals surface area contributed by atoms with Crippen LogP contribution in [0, 0.1) is 22.1 Å². The molecular formula is C16H14N2O4S. The maximum absolute atomic E-state index is 12.7. The summed E-state index contributed by atoms with van der Waals surface area (Å²) in [6, 6.07) is 16.4. The molecule has 0 spiro atoms. The van der Waals surface area contributed by atoms with Crippen molar-refractivity contribution in [2.75, 3.05) is 0 Å². The van der Waals surface area contributed by atoms with E-state index in [0.717, 1.165) is 22.0 Å². The van der Waals surface area contributed by atoms with Crippen LogP contribution in [0.1, 0.15) is 12.5 Å². The van der Waals surface area contributed by atoms with Gasteiger partial charge in [0.15, 0.2) is 0 Å². The van der Waals surface area contributed by atoms with Crippen LogP contribution in [0.25, 0.3) is 0 Å². The van der Waals surface area contributed by atoms with E-state index in [9.17, 15) is 18.5 Å². The minimum atomic E-state index is -3.87. The van der Waals surface area contributed by atoms with Crippen molar-refractivity contribution in [2.45, 2.75) is 18.4 Å². The fourth-order valence-corrected chi connectivity index (χ4v) is 3.19. The van der Waals surface area contributed by atoms with E-state index in [1.54, 1.807) is 19.1 Å². The zero-order chi connectivity index (χ0) is 16.9. The Balaban J connectivity index is 2.36. The molecule has 0 unspecified atom stereocenters. The smallest absolute Gasteiger partial charge is 0.258 e. The Morgan fingerprint density at radius 2 is 1.70 bits per heavy atom. The topological polar surface area (TPSA) is 80.5 Å². The number of non-ortho nitro benzene ring substituents is 1. The quantitative estimate of drug-likeness (QED) is 0.365. The monoisotopic (exact) mass is 330 g/mol. The Kier molecular flexibility index (Phi) is 4.98. The lowest BCUT2D eigenvalue weighted by Gasteiger charge is -2.18. The summed E-state index contributed by atoms with van der Waals surface area (Å²) in [6.45, 7) is 1.64. The molecule has 0 bridgehead atoms. The number of nitro groups is 1. The highest BCUT2D eigenvalue weighted by molar-refractivity contribution is 7.89. The first-order chi connectivity index (χ1) is 10.9. The molecule has 2 rings (SSSR count). The van der Waals surface area contributed by atoms with Gasteiger partial charge >= 0.3 is 0 Å². The Hall–Kier alpha value is -2.85. The maximum atomic E-state index is 12.7. The normalized spacial score (nSPS) is 10.5. The minimum Gasteiger partial charge on any atom is -0.258 e. The number of nitrogens with zero attached hydrogens (tertiary/aromatic N) is 2. The van der Waals surface area contributed by atoms with Gasteiger partial charge in [0.05, 0.1) is 16.4 Å². The molecule has 2 aromatic carbocycles. The van der Waals surface area contributed by atoms with E-state index in [1.807, 2.05) is 18.2 Å². The van der Waals surface area contributed by atoms with Gasteiger partial charge in [0, 0.05) is 18.2 Å². The maximum Gasteiger partial charge on any atom is 0.271 e. The summed E-state index contributed by atoms with van der Waals surface area (Å²) in [4.78, 5) is 10.0.